The van der Waals surface area contributed by atoms with E-state index in [0.717, 1.165) is 0 Å². The first-order valence-corrected chi connectivity index (χ1v) is 7.85. The summed E-state index contributed by atoms with van der Waals surface area (Å²) in [5.41, 5.74) is 4.22. The lowest BCUT2D eigenvalue weighted by atomic mass is 9.80. The Morgan fingerprint density at radius 2 is 1.68 bits per heavy atom. The number of hydrogen-bond acceptors (Lipinski definition) is 0. The maximum Gasteiger partial charge on any atom is 0.00481 e. The molecule has 106 valence electrons. The van der Waals surface area contributed by atoms with Crippen molar-refractivity contribution in [3.05, 3.63) is 47.5 Å². The monoisotopic (exact) mass is 258 g/mol. The molecule has 0 aliphatic heterocycles. The second kappa shape index (κ2) is 8.19. The number of aryl methyl sites for hydroxylation is 1. The second-order valence-electron chi connectivity index (χ2n) is 5.87. The van der Waals surface area contributed by atoms with E-state index in [0.29, 0.717) is 11.8 Å². The molecule has 0 radical (unpaired) electrons. The van der Waals surface area contributed by atoms with Gasteiger partial charge in [0.25, 0.3) is 0 Å². The van der Waals surface area contributed by atoms with Crippen LogP contribution >= 0.6 is 0 Å². The molecule has 1 aromatic carbocycles. The summed E-state index contributed by atoms with van der Waals surface area (Å²) in [4.78, 5) is 0. The van der Waals surface area contributed by atoms with Crippen LogP contribution in [0.3, 0.4) is 0 Å². The van der Waals surface area contributed by atoms with E-state index < -0.39 is 0 Å². The van der Waals surface area contributed by atoms with Crippen LogP contribution in [0.2, 0.25) is 0 Å². The molecule has 2 atom stereocenters. The van der Waals surface area contributed by atoms with Gasteiger partial charge in [-0.15, -0.1) is 0 Å². The molecule has 0 amide bonds. The van der Waals surface area contributed by atoms with Gasteiger partial charge in [-0.05, 0) is 31.2 Å². The molecule has 1 aromatic rings. The first kappa shape index (κ1) is 16.0. The van der Waals surface area contributed by atoms with Crippen molar-refractivity contribution in [3.63, 3.8) is 0 Å². The van der Waals surface area contributed by atoms with Crippen LogP contribution in [0.5, 0.6) is 0 Å². The smallest absolute Gasteiger partial charge is 0.00481 e. The molecule has 0 saturated carbocycles. The van der Waals surface area contributed by atoms with E-state index in [-0.39, 0.29) is 0 Å². The Balaban J connectivity index is 2.87. The number of benzene rings is 1. The summed E-state index contributed by atoms with van der Waals surface area (Å²) in [6.07, 6.45) is 6.29. The van der Waals surface area contributed by atoms with Crippen LogP contribution in [0.4, 0.5) is 0 Å². The van der Waals surface area contributed by atoms with Gasteiger partial charge in [-0.25, -0.2) is 0 Å². The lowest BCUT2D eigenvalue weighted by Crippen LogP contribution is -2.09. The van der Waals surface area contributed by atoms with Gasteiger partial charge < -0.3 is 0 Å². The van der Waals surface area contributed by atoms with Crippen LogP contribution in [-0.2, 0) is 0 Å². The second-order valence-corrected chi connectivity index (χ2v) is 5.87. The Labute approximate surface area is 119 Å². The van der Waals surface area contributed by atoms with Crippen LogP contribution < -0.4 is 0 Å². The summed E-state index contributed by atoms with van der Waals surface area (Å²) >= 11 is 0. The van der Waals surface area contributed by atoms with Crippen LogP contribution in [0, 0.1) is 12.8 Å². The summed E-state index contributed by atoms with van der Waals surface area (Å²) in [5, 5.41) is 0. The van der Waals surface area contributed by atoms with Gasteiger partial charge in [0.15, 0.2) is 0 Å². The molecule has 0 aliphatic rings. The van der Waals surface area contributed by atoms with Crippen LogP contribution in [0.25, 0.3) is 0 Å². The van der Waals surface area contributed by atoms with Crippen molar-refractivity contribution in [1.29, 1.82) is 0 Å². The molecule has 0 heteroatoms. The molecule has 0 N–H and O–H groups in total. The zero-order valence-corrected chi connectivity index (χ0v) is 13.2. The summed E-state index contributed by atoms with van der Waals surface area (Å²) in [5.74, 6) is 1.18. The zero-order valence-electron chi connectivity index (χ0n) is 13.2. The first-order chi connectivity index (χ1) is 9.10. The molecule has 2 unspecified atom stereocenters. The third kappa shape index (κ3) is 4.86. The average Bonchev–Trinajstić information content (AvgIpc) is 2.41. The van der Waals surface area contributed by atoms with Gasteiger partial charge in [-0.3, -0.25) is 0 Å². The fraction of sp³-hybridized carbons (Fsp3) is 0.579. The van der Waals surface area contributed by atoms with Crippen molar-refractivity contribution >= 4 is 0 Å². The molecule has 0 saturated heterocycles. The summed E-state index contributed by atoms with van der Waals surface area (Å²) < 4.78 is 0. The Hall–Kier alpha value is -1.04. The van der Waals surface area contributed by atoms with Crippen molar-refractivity contribution in [1.82, 2.24) is 0 Å². The number of rotatable bonds is 8. The van der Waals surface area contributed by atoms with E-state index in [9.17, 15) is 0 Å². The van der Waals surface area contributed by atoms with Crippen molar-refractivity contribution in [2.75, 3.05) is 0 Å². The summed E-state index contributed by atoms with van der Waals surface area (Å²) in [6.45, 7) is 13.4. The normalized spacial score (nSPS) is 14.1. The van der Waals surface area contributed by atoms with Crippen molar-refractivity contribution in [2.45, 2.75) is 65.7 Å². The standard InChI is InChI=1S/C19H30/c1-6-8-10-19(17(5)16(4)9-7-2)18-13-11-15(3)12-14-18/h11-14,16,19H,5-10H2,1-4H3. The Morgan fingerprint density at radius 1 is 1.05 bits per heavy atom. The topological polar surface area (TPSA) is 0 Å². The van der Waals surface area contributed by atoms with Gasteiger partial charge in [0, 0.05) is 5.92 Å². The minimum Gasteiger partial charge on any atom is -0.0990 e. The number of allylic oxidation sites excluding steroid dienone is 1. The largest absolute Gasteiger partial charge is 0.0990 e. The minimum absolute atomic E-state index is 0.544. The Bertz CT molecular complexity index is 372. The molecule has 0 nitrogen and oxygen atoms in total. The lowest BCUT2D eigenvalue weighted by molar-refractivity contribution is 0.528. The molecular weight excluding hydrogens is 228 g/mol. The highest BCUT2D eigenvalue weighted by Crippen LogP contribution is 2.34. The quantitative estimate of drug-likeness (QED) is 0.483. The highest BCUT2D eigenvalue weighted by Gasteiger charge is 2.18. The van der Waals surface area contributed by atoms with Gasteiger partial charge in [-0.1, -0.05) is 82.0 Å². The average molecular weight is 258 g/mol. The molecule has 0 spiro atoms. The molecule has 0 aromatic heterocycles. The molecule has 0 fully saturated rings. The highest BCUT2D eigenvalue weighted by atomic mass is 14.2. The molecule has 0 aliphatic carbocycles. The first-order valence-electron chi connectivity index (χ1n) is 7.85. The van der Waals surface area contributed by atoms with Crippen molar-refractivity contribution in [2.24, 2.45) is 5.92 Å². The van der Waals surface area contributed by atoms with E-state index in [2.05, 4.69) is 58.5 Å². The van der Waals surface area contributed by atoms with Gasteiger partial charge in [0.1, 0.15) is 0 Å². The Kier molecular flexibility index (Phi) is 6.91. The van der Waals surface area contributed by atoms with Gasteiger partial charge in [-0.2, -0.15) is 0 Å². The maximum absolute atomic E-state index is 4.43. The molecule has 1 rings (SSSR count). The zero-order chi connectivity index (χ0) is 14.3. The van der Waals surface area contributed by atoms with Gasteiger partial charge in [0.05, 0.1) is 0 Å². The van der Waals surface area contributed by atoms with Crippen LogP contribution in [-0.4, -0.2) is 0 Å². The van der Waals surface area contributed by atoms with Crippen LogP contribution in [0.1, 0.15) is 69.9 Å². The summed E-state index contributed by atoms with van der Waals surface area (Å²) in [6, 6.07) is 9.04. The highest BCUT2D eigenvalue weighted by molar-refractivity contribution is 5.31. The van der Waals surface area contributed by atoms with E-state index >= 15 is 0 Å². The SMILES string of the molecule is C=C(C(C)CCC)C(CCCC)c1ccc(C)cc1. The lowest BCUT2D eigenvalue weighted by Gasteiger charge is -2.25. The van der Waals surface area contributed by atoms with Crippen LogP contribution in [0.15, 0.2) is 36.4 Å². The van der Waals surface area contributed by atoms with Crippen molar-refractivity contribution < 1.29 is 0 Å². The molecule has 19 heavy (non-hydrogen) atoms. The Morgan fingerprint density at radius 3 is 2.21 bits per heavy atom. The molecule has 0 bridgehead atoms. The third-order valence-corrected chi connectivity index (χ3v) is 4.13. The van der Waals surface area contributed by atoms with Crippen molar-refractivity contribution in [3.8, 4) is 0 Å². The van der Waals surface area contributed by atoms with Gasteiger partial charge in [0.2, 0.25) is 0 Å². The van der Waals surface area contributed by atoms with Gasteiger partial charge >= 0.3 is 0 Å². The third-order valence-electron chi connectivity index (χ3n) is 4.13. The van der Waals surface area contributed by atoms with E-state index in [1.165, 1.54) is 48.8 Å². The van der Waals surface area contributed by atoms with E-state index in [1.807, 2.05) is 0 Å². The number of unbranched alkanes of at least 4 members (excludes halogenated alkanes) is 1. The maximum atomic E-state index is 4.43. The molecule has 0 heterocycles. The van der Waals surface area contributed by atoms with E-state index in [1.54, 1.807) is 0 Å². The predicted octanol–water partition coefficient (Wildman–Crippen LogP) is 6.26. The van der Waals surface area contributed by atoms with E-state index in [4.69, 9.17) is 0 Å². The summed E-state index contributed by atoms with van der Waals surface area (Å²) in [7, 11) is 0. The fourth-order valence-electron chi connectivity index (χ4n) is 2.73. The fourth-order valence-corrected chi connectivity index (χ4v) is 2.73. The molecular formula is C19H30. The predicted molar refractivity (Wildman–Crippen MR) is 86.7 cm³/mol. The minimum atomic E-state index is 0.544. The number of hydrogen-bond donors (Lipinski definition) is 0.